The lowest BCUT2D eigenvalue weighted by atomic mass is 10.0. The molecule has 0 aromatic heterocycles. The Morgan fingerprint density at radius 2 is 1.67 bits per heavy atom. The van der Waals surface area contributed by atoms with Crippen molar-refractivity contribution in [3.63, 3.8) is 0 Å². The van der Waals surface area contributed by atoms with Crippen molar-refractivity contribution in [2.75, 3.05) is 0 Å². The van der Waals surface area contributed by atoms with Gasteiger partial charge in [0.15, 0.2) is 0 Å². The molecule has 132 valence electrons. The van der Waals surface area contributed by atoms with E-state index in [0.717, 1.165) is 16.7 Å². The Morgan fingerprint density at radius 3 is 2.41 bits per heavy atom. The standard InChI is InChI=1S/C23H17FN2O/c24-21-12-5-4-11-20(21)22(16-25)26-23(27)14-13-17-7-6-10-19(15-17)18-8-2-1-3-9-18/h1-15,22H,(H,26,27)/b14-13+. The number of halogens is 1. The van der Waals surface area contributed by atoms with Gasteiger partial charge in [0.2, 0.25) is 5.91 Å². The topological polar surface area (TPSA) is 52.9 Å². The summed E-state index contributed by atoms with van der Waals surface area (Å²) in [6.45, 7) is 0. The number of hydrogen-bond donors (Lipinski definition) is 1. The molecule has 0 heterocycles. The summed E-state index contributed by atoms with van der Waals surface area (Å²) in [5, 5.41) is 11.8. The first kappa shape index (κ1) is 18.1. The molecule has 3 aromatic rings. The summed E-state index contributed by atoms with van der Waals surface area (Å²) in [6.07, 6.45) is 3.01. The molecule has 0 saturated carbocycles. The van der Waals surface area contributed by atoms with Crippen LogP contribution in [0.1, 0.15) is 17.2 Å². The Hall–Kier alpha value is -3.71. The fourth-order valence-corrected chi connectivity index (χ4v) is 2.70. The average molecular weight is 356 g/mol. The maximum Gasteiger partial charge on any atom is 0.245 e. The largest absolute Gasteiger partial charge is 0.333 e. The molecule has 0 aliphatic carbocycles. The van der Waals surface area contributed by atoms with E-state index in [2.05, 4.69) is 5.32 Å². The zero-order valence-electron chi connectivity index (χ0n) is 14.5. The van der Waals surface area contributed by atoms with E-state index in [9.17, 15) is 14.4 Å². The molecule has 1 atom stereocenters. The Kier molecular flexibility index (Phi) is 5.76. The highest BCUT2D eigenvalue weighted by atomic mass is 19.1. The van der Waals surface area contributed by atoms with Crippen LogP contribution in [0.25, 0.3) is 17.2 Å². The van der Waals surface area contributed by atoms with E-state index in [4.69, 9.17) is 0 Å². The molecular weight excluding hydrogens is 339 g/mol. The number of rotatable bonds is 5. The van der Waals surface area contributed by atoms with E-state index in [1.54, 1.807) is 12.1 Å². The van der Waals surface area contributed by atoms with Crippen LogP contribution in [0, 0.1) is 17.1 Å². The van der Waals surface area contributed by atoms with Crippen molar-refractivity contribution in [3.8, 4) is 17.2 Å². The highest BCUT2D eigenvalue weighted by Crippen LogP contribution is 2.20. The molecule has 3 rings (SSSR count). The van der Waals surface area contributed by atoms with Crippen LogP contribution in [-0.4, -0.2) is 5.91 Å². The number of nitriles is 1. The summed E-state index contributed by atoms with van der Waals surface area (Å²) < 4.78 is 13.8. The molecule has 0 fully saturated rings. The third kappa shape index (κ3) is 4.68. The predicted octanol–water partition coefficient (Wildman–Crippen LogP) is 4.89. The average Bonchev–Trinajstić information content (AvgIpc) is 2.72. The molecule has 0 aliphatic rings. The number of carbonyl (C=O) groups excluding carboxylic acids is 1. The maximum absolute atomic E-state index is 13.8. The van der Waals surface area contributed by atoms with E-state index in [1.807, 2.05) is 60.7 Å². The quantitative estimate of drug-likeness (QED) is 0.662. The van der Waals surface area contributed by atoms with Crippen LogP contribution in [0.2, 0.25) is 0 Å². The van der Waals surface area contributed by atoms with Crippen LogP contribution >= 0.6 is 0 Å². The van der Waals surface area contributed by atoms with Crippen molar-refractivity contribution in [3.05, 3.63) is 102 Å². The van der Waals surface area contributed by atoms with Crippen LogP contribution in [0.3, 0.4) is 0 Å². The summed E-state index contributed by atoms with van der Waals surface area (Å²) in [5.74, 6) is -0.987. The van der Waals surface area contributed by atoms with Gasteiger partial charge >= 0.3 is 0 Å². The number of carbonyl (C=O) groups is 1. The first-order chi connectivity index (χ1) is 13.2. The molecule has 0 spiro atoms. The van der Waals surface area contributed by atoms with Crippen LogP contribution < -0.4 is 5.32 Å². The maximum atomic E-state index is 13.8. The molecule has 4 heteroatoms. The lowest BCUT2D eigenvalue weighted by molar-refractivity contribution is -0.116. The van der Waals surface area contributed by atoms with Crippen molar-refractivity contribution in [2.45, 2.75) is 6.04 Å². The highest BCUT2D eigenvalue weighted by Gasteiger charge is 2.15. The Labute approximate surface area is 157 Å². The normalized spacial score (nSPS) is 11.7. The lowest BCUT2D eigenvalue weighted by Gasteiger charge is -2.11. The fourth-order valence-electron chi connectivity index (χ4n) is 2.70. The predicted molar refractivity (Wildman–Crippen MR) is 104 cm³/mol. The van der Waals surface area contributed by atoms with Crippen molar-refractivity contribution < 1.29 is 9.18 Å². The van der Waals surface area contributed by atoms with Crippen LogP contribution in [0.5, 0.6) is 0 Å². The van der Waals surface area contributed by atoms with E-state index in [-0.39, 0.29) is 5.56 Å². The summed E-state index contributed by atoms with van der Waals surface area (Å²) in [6, 6.07) is 24.5. The second kappa shape index (κ2) is 8.59. The summed E-state index contributed by atoms with van der Waals surface area (Å²) in [7, 11) is 0. The molecule has 1 amide bonds. The Morgan fingerprint density at radius 1 is 0.963 bits per heavy atom. The summed E-state index contributed by atoms with van der Waals surface area (Å²) in [5.41, 5.74) is 3.12. The zero-order chi connectivity index (χ0) is 19.1. The second-order valence-corrected chi connectivity index (χ2v) is 5.92. The zero-order valence-corrected chi connectivity index (χ0v) is 14.5. The van der Waals surface area contributed by atoms with Gasteiger partial charge in [0.05, 0.1) is 6.07 Å². The molecule has 0 bridgehead atoms. The third-order valence-electron chi connectivity index (χ3n) is 4.05. The molecule has 3 aromatic carbocycles. The van der Waals surface area contributed by atoms with Crippen LogP contribution in [-0.2, 0) is 4.79 Å². The minimum atomic E-state index is -1.04. The van der Waals surface area contributed by atoms with Gasteiger partial charge in [-0.1, -0.05) is 66.7 Å². The van der Waals surface area contributed by atoms with Gasteiger partial charge in [0.25, 0.3) is 0 Å². The van der Waals surface area contributed by atoms with Gasteiger partial charge in [-0.05, 0) is 34.9 Å². The van der Waals surface area contributed by atoms with Crippen molar-refractivity contribution >= 4 is 12.0 Å². The van der Waals surface area contributed by atoms with Crippen LogP contribution in [0.15, 0.2) is 84.9 Å². The highest BCUT2D eigenvalue weighted by molar-refractivity contribution is 5.92. The number of nitrogens with zero attached hydrogens (tertiary/aromatic N) is 1. The molecular formula is C23H17FN2O. The number of amides is 1. The van der Waals surface area contributed by atoms with Crippen LogP contribution in [0.4, 0.5) is 4.39 Å². The summed E-state index contributed by atoms with van der Waals surface area (Å²) in [4.78, 5) is 12.2. The van der Waals surface area contributed by atoms with Gasteiger partial charge in [-0.2, -0.15) is 5.26 Å². The third-order valence-corrected chi connectivity index (χ3v) is 4.05. The number of benzene rings is 3. The molecule has 3 nitrogen and oxygen atoms in total. The first-order valence-electron chi connectivity index (χ1n) is 8.45. The van der Waals surface area contributed by atoms with Gasteiger partial charge in [0.1, 0.15) is 11.9 Å². The van der Waals surface area contributed by atoms with Gasteiger partial charge in [0, 0.05) is 11.6 Å². The molecule has 0 saturated heterocycles. The first-order valence-corrected chi connectivity index (χ1v) is 8.45. The van der Waals surface area contributed by atoms with E-state index < -0.39 is 17.8 Å². The Balaban J connectivity index is 1.72. The minimum Gasteiger partial charge on any atom is -0.333 e. The van der Waals surface area contributed by atoms with Gasteiger partial charge in [-0.25, -0.2) is 4.39 Å². The monoisotopic (exact) mass is 356 g/mol. The van der Waals surface area contributed by atoms with Crippen molar-refractivity contribution in [2.24, 2.45) is 0 Å². The second-order valence-electron chi connectivity index (χ2n) is 5.92. The van der Waals surface area contributed by atoms with Gasteiger partial charge in [-0.3, -0.25) is 4.79 Å². The smallest absolute Gasteiger partial charge is 0.245 e. The lowest BCUT2D eigenvalue weighted by Crippen LogP contribution is -2.26. The van der Waals surface area contributed by atoms with E-state index >= 15 is 0 Å². The van der Waals surface area contributed by atoms with Gasteiger partial charge < -0.3 is 5.32 Å². The SMILES string of the molecule is N#CC(NC(=O)/C=C/c1cccc(-c2ccccc2)c1)c1ccccc1F. The number of nitrogens with one attached hydrogen (secondary N) is 1. The molecule has 0 radical (unpaired) electrons. The van der Waals surface area contributed by atoms with E-state index in [0.29, 0.717) is 0 Å². The van der Waals surface area contributed by atoms with Gasteiger partial charge in [-0.15, -0.1) is 0 Å². The molecule has 1 N–H and O–H groups in total. The molecule has 1 unspecified atom stereocenters. The number of hydrogen-bond acceptors (Lipinski definition) is 2. The minimum absolute atomic E-state index is 0.146. The van der Waals surface area contributed by atoms with Crippen molar-refractivity contribution in [1.82, 2.24) is 5.32 Å². The van der Waals surface area contributed by atoms with Crippen molar-refractivity contribution in [1.29, 1.82) is 5.26 Å². The molecule has 0 aliphatic heterocycles. The molecule has 27 heavy (non-hydrogen) atoms. The Bertz CT molecular complexity index is 1010. The fraction of sp³-hybridized carbons (Fsp3) is 0.0435. The summed E-state index contributed by atoms with van der Waals surface area (Å²) >= 11 is 0. The van der Waals surface area contributed by atoms with E-state index in [1.165, 1.54) is 24.3 Å².